The van der Waals surface area contributed by atoms with Crippen LogP contribution in [0.15, 0.2) is 5.38 Å². The minimum Gasteiger partial charge on any atom is -0.468 e. The smallest absolute Gasteiger partial charge is 0.321 e. The van der Waals surface area contributed by atoms with Crippen molar-refractivity contribution < 1.29 is 14.3 Å². The Balaban J connectivity index is 2.02. The number of methoxy groups -OCH3 is 1. The number of nitrogens with zero attached hydrogens (tertiary/aromatic N) is 1. The van der Waals surface area contributed by atoms with E-state index in [2.05, 4.69) is 15.0 Å². The maximum absolute atomic E-state index is 12.1. The number of carbonyl (C=O) groups is 2. The molecule has 1 saturated carbocycles. The first-order valence-corrected chi connectivity index (χ1v) is 6.69. The lowest BCUT2D eigenvalue weighted by atomic mass is 10.1. The fraction of sp³-hybridized carbons (Fsp3) is 0.583. The lowest BCUT2D eigenvalue weighted by Gasteiger charge is -2.16. The van der Waals surface area contributed by atoms with Crippen molar-refractivity contribution in [2.45, 2.75) is 32.7 Å². The van der Waals surface area contributed by atoms with E-state index in [4.69, 9.17) is 0 Å². The molecule has 1 aromatic rings. The number of ether oxygens (including phenoxy) is 1. The van der Waals surface area contributed by atoms with Gasteiger partial charge >= 0.3 is 5.97 Å². The number of hydrogen-bond donors (Lipinski definition) is 1. The molecule has 6 heteroatoms. The van der Waals surface area contributed by atoms with Crippen LogP contribution in [0.4, 0.5) is 0 Å². The molecule has 1 heterocycles. The molecule has 1 amide bonds. The summed E-state index contributed by atoms with van der Waals surface area (Å²) in [5, 5.41) is 5.71. The Morgan fingerprint density at radius 3 is 2.67 bits per heavy atom. The van der Waals surface area contributed by atoms with Gasteiger partial charge in [-0.3, -0.25) is 9.59 Å². The Morgan fingerprint density at radius 1 is 1.56 bits per heavy atom. The van der Waals surface area contributed by atoms with Gasteiger partial charge in [0.15, 0.2) is 0 Å². The van der Waals surface area contributed by atoms with Crippen LogP contribution in [0.1, 0.15) is 36.5 Å². The Kier molecular flexibility index (Phi) is 3.38. The molecule has 1 aliphatic rings. The van der Waals surface area contributed by atoms with Gasteiger partial charge in [0, 0.05) is 5.38 Å². The van der Waals surface area contributed by atoms with Crippen LogP contribution < -0.4 is 5.32 Å². The molecular formula is C12H16N2O3S. The van der Waals surface area contributed by atoms with Crippen molar-refractivity contribution in [1.29, 1.82) is 0 Å². The van der Waals surface area contributed by atoms with Gasteiger partial charge in [-0.1, -0.05) is 0 Å². The molecule has 1 fully saturated rings. The highest BCUT2D eigenvalue weighted by molar-refractivity contribution is 7.09. The van der Waals surface area contributed by atoms with Crippen molar-refractivity contribution >= 4 is 23.2 Å². The molecular weight excluding hydrogens is 252 g/mol. The van der Waals surface area contributed by atoms with Gasteiger partial charge in [-0.25, -0.2) is 4.98 Å². The molecule has 5 nitrogen and oxygen atoms in total. The monoisotopic (exact) mass is 268 g/mol. The molecule has 0 unspecified atom stereocenters. The minimum absolute atomic E-state index is 0.190. The first-order valence-electron chi connectivity index (χ1n) is 5.81. The summed E-state index contributed by atoms with van der Waals surface area (Å²) < 4.78 is 4.68. The zero-order valence-electron chi connectivity index (χ0n) is 10.6. The third-order valence-corrected chi connectivity index (χ3v) is 3.98. The fourth-order valence-corrected chi connectivity index (χ4v) is 2.54. The van der Waals surface area contributed by atoms with E-state index in [-0.39, 0.29) is 11.9 Å². The van der Waals surface area contributed by atoms with E-state index in [1.54, 1.807) is 0 Å². The molecule has 1 N–H and O–H groups in total. The molecule has 1 aliphatic carbocycles. The normalized spacial score (nSPS) is 17.9. The average molecular weight is 268 g/mol. The number of rotatable bonds is 4. The number of nitrogens with one attached hydrogen (secondary N) is 1. The molecule has 0 spiro atoms. The summed E-state index contributed by atoms with van der Waals surface area (Å²) in [7, 11) is 1.31. The SMILES string of the molecule is COC(=O)C1(C(=O)N[C@@H](C)c2csc(C)n2)CC1. The molecule has 0 bridgehead atoms. The Bertz CT molecular complexity index is 479. The minimum atomic E-state index is -0.950. The van der Waals surface area contributed by atoms with Gasteiger partial charge in [0.2, 0.25) is 5.91 Å². The predicted molar refractivity (Wildman–Crippen MR) is 67.1 cm³/mol. The third kappa shape index (κ3) is 2.25. The van der Waals surface area contributed by atoms with Crippen molar-refractivity contribution in [2.24, 2.45) is 5.41 Å². The van der Waals surface area contributed by atoms with E-state index in [0.29, 0.717) is 12.8 Å². The van der Waals surface area contributed by atoms with Crippen LogP contribution in [-0.2, 0) is 14.3 Å². The molecule has 2 rings (SSSR count). The number of aryl methyl sites for hydroxylation is 1. The predicted octanol–water partition coefficient (Wildman–Crippen LogP) is 1.58. The molecule has 0 radical (unpaired) electrons. The van der Waals surface area contributed by atoms with Crippen LogP contribution in [-0.4, -0.2) is 24.0 Å². The molecule has 98 valence electrons. The molecule has 1 atom stereocenters. The Hall–Kier alpha value is -1.43. The molecule has 0 aliphatic heterocycles. The molecule has 0 aromatic carbocycles. The molecule has 1 aromatic heterocycles. The zero-order chi connectivity index (χ0) is 13.3. The van der Waals surface area contributed by atoms with Gasteiger partial charge in [0.25, 0.3) is 0 Å². The van der Waals surface area contributed by atoms with Crippen LogP contribution in [0.25, 0.3) is 0 Å². The first-order chi connectivity index (χ1) is 8.49. The summed E-state index contributed by atoms with van der Waals surface area (Å²) in [5.41, 5.74) is -0.125. The van der Waals surface area contributed by atoms with Crippen molar-refractivity contribution in [3.05, 3.63) is 16.1 Å². The first kappa shape index (κ1) is 13.0. The van der Waals surface area contributed by atoms with Crippen molar-refractivity contribution in [1.82, 2.24) is 10.3 Å². The highest BCUT2D eigenvalue weighted by Crippen LogP contribution is 2.47. The number of hydrogen-bond acceptors (Lipinski definition) is 5. The van der Waals surface area contributed by atoms with Crippen molar-refractivity contribution in [2.75, 3.05) is 7.11 Å². The average Bonchev–Trinajstić information content (AvgIpc) is 3.05. The van der Waals surface area contributed by atoms with Crippen molar-refractivity contribution in [3.63, 3.8) is 0 Å². The summed E-state index contributed by atoms with van der Waals surface area (Å²) in [6.07, 6.45) is 1.13. The van der Waals surface area contributed by atoms with Gasteiger partial charge in [-0.05, 0) is 26.7 Å². The van der Waals surface area contributed by atoms with Crippen molar-refractivity contribution in [3.8, 4) is 0 Å². The van der Waals surface area contributed by atoms with Crippen LogP contribution >= 0.6 is 11.3 Å². The lowest BCUT2D eigenvalue weighted by molar-refractivity contribution is -0.152. The number of aromatic nitrogens is 1. The summed E-state index contributed by atoms with van der Waals surface area (Å²) in [6.45, 7) is 3.78. The van der Waals surface area contributed by atoms with E-state index < -0.39 is 11.4 Å². The van der Waals surface area contributed by atoms with E-state index in [0.717, 1.165) is 10.7 Å². The quantitative estimate of drug-likeness (QED) is 0.665. The molecule has 0 saturated heterocycles. The second-order valence-electron chi connectivity index (χ2n) is 4.56. The van der Waals surface area contributed by atoms with Gasteiger partial charge in [-0.15, -0.1) is 11.3 Å². The standard InChI is InChI=1S/C12H16N2O3S/c1-7(9-6-18-8(2)14-9)13-10(15)12(4-5-12)11(16)17-3/h6-7H,4-5H2,1-3H3,(H,13,15)/t7-/m0/s1. The zero-order valence-corrected chi connectivity index (χ0v) is 11.5. The molecule has 18 heavy (non-hydrogen) atoms. The second kappa shape index (κ2) is 4.68. The highest BCUT2D eigenvalue weighted by Gasteiger charge is 2.58. The summed E-state index contributed by atoms with van der Waals surface area (Å²) >= 11 is 1.54. The van der Waals surface area contributed by atoms with Crippen LogP contribution in [0.5, 0.6) is 0 Å². The van der Waals surface area contributed by atoms with E-state index in [9.17, 15) is 9.59 Å². The fourth-order valence-electron chi connectivity index (χ4n) is 1.83. The number of thiazole rings is 1. The van der Waals surface area contributed by atoms with Gasteiger partial charge in [-0.2, -0.15) is 0 Å². The number of carbonyl (C=O) groups excluding carboxylic acids is 2. The maximum Gasteiger partial charge on any atom is 0.321 e. The highest BCUT2D eigenvalue weighted by atomic mass is 32.1. The van der Waals surface area contributed by atoms with Gasteiger partial charge in [0.1, 0.15) is 5.41 Å². The lowest BCUT2D eigenvalue weighted by Crippen LogP contribution is -2.39. The summed E-state index contributed by atoms with van der Waals surface area (Å²) in [4.78, 5) is 28.0. The summed E-state index contributed by atoms with van der Waals surface area (Å²) in [6, 6.07) is -0.190. The maximum atomic E-state index is 12.1. The topological polar surface area (TPSA) is 68.3 Å². The van der Waals surface area contributed by atoms with Gasteiger partial charge < -0.3 is 10.1 Å². The van der Waals surface area contributed by atoms with E-state index in [1.165, 1.54) is 18.4 Å². The Labute approximate surface area is 110 Å². The largest absolute Gasteiger partial charge is 0.468 e. The van der Waals surface area contributed by atoms with E-state index >= 15 is 0 Å². The van der Waals surface area contributed by atoms with Crippen LogP contribution in [0, 0.1) is 12.3 Å². The second-order valence-corrected chi connectivity index (χ2v) is 5.62. The number of esters is 1. The van der Waals surface area contributed by atoms with E-state index in [1.807, 2.05) is 19.2 Å². The summed E-state index contributed by atoms with van der Waals surface area (Å²) in [5.74, 6) is -0.700. The number of amides is 1. The third-order valence-electron chi connectivity index (χ3n) is 3.19. The van der Waals surface area contributed by atoms with Gasteiger partial charge in [0.05, 0.1) is 23.9 Å². The van der Waals surface area contributed by atoms with Crippen LogP contribution in [0.2, 0.25) is 0 Å². The van der Waals surface area contributed by atoms with Crippen LogP contribution in [0.3, 0.4) is 0 Å². The Morgan fingerprint density at radius 2 is 2.22 bits per heavy atom.